The quantitative estimate of drug-likeness (QED) is 0.636. The summed E-state index contributed by atoms with van der Waals surface area (Å²) in [5, 5.41) is 14.3. The van der Waals surface area contributed by atoms with Gasteiger partial charge in [-0.2, -0.15) is 5.26 Å². The summed E-state index contributed by atoms with van der Waals surface area (Å²) in [6.07, 6.45) is 1.85. The number of anilines is 3. The van der Waals surface area contributed by atoms with Crippen LogP contribution in [0.15, 0.2) is 30.3 Å². The van der Waals surface area contributed by atoms with Crippen LogP contribution in [0.2, 0.25) is 0 Å². The van der Waals surface area contributed by atoms with Gasteiger partial charge >= 0.3 is 0 Å². The Kier molecular flexibility index (Phi) is 3.39. The average Bonchev–Trinajstić information content (AvgIpc) is 2.32. The Morgan fingerprint density at radius 1 is 1.11 bits per heavy atom. The van der Waals surface area contributed by atoms with Crippen molar-refractivity contribution >= 4 is 17.3 Å². The lowest BCUT2D eigenvalue weighted by molar-refractivity contribution is 1.06. The Hall–Kier alpha value is -2.61. The standard InChI is InChI=1S/C13H13N5/c1-9-5-3-4-6-11(9)18-13-7-12(15-8-14)16-10(2)17-13/h3-7H,1-2H3,(H2,15,16,17,18). The van der Waals surface area contributed by atoms with Crippen LogP contribution in [0.1, 0.15) is 11.4 Å². The molecule has 1 aromatic heterocycles. The maximum atomic E-state index is 8.59. The van der Waals surface area contributed by atoms with Crippen molar-refractivity contribution in [3.05, 3.63) is 41.7 Å². The first-order valence-corrected chi connectivity index (χ1v) is 5.52. The highest BCUT2D eigenvalue weighted by Crippen LogP contribution is 2.20. The van der Waals surface area contributed by atoms with Gasteiger partial charge in [0.15, 0.2) is 6.19 Å². The van der Waals surface area contributed by atoms with Gasteiger partial charge in [0, 0.05) is 11.8 Å². The number of nitrogens with one attached hydrogen (secondary N) is 2. The fourth-order valence-corrected chi connectivity index (χ4v) is 1.60. The molecular formula is C13H13N5. The van der Waals surface area contributed by atoms with Crippen LogP contribution in [0.4, 0.5) is 17.3 Å². The Bertz CT molecular complexity index is 601. The molecule has 0 aliphatic carbocycles. The largest absolute Gasteiger partial charge is 0.340 e. The molecule has 0 aliphatic heterocycles. The molecule has 0 saturated heterocycles. The molecule has 0 saturated carbocycles. The van der Waals surface area contributed by atoms with E-state index in [0.717, 1.165) is 11.3 Å². The molecule has 5 nitrogen and oxygen atoms in total. The number of aromatic nitrogens is 2. The molecule has 5 heteroatoms. The summed E-state index contributed by atoms with van der Waals surface area (Å²) in [7, 11) is 0. The zero-order valence-corrected chi connectivity index (χ0v) is 10.2. The highest BCUT2D eigenvalue weighted by Gasteiger charge is 2.03. The van der Waals surface area contributed by atoms with Crippen LogP contribution in [0.3, 0.4) is 0 Å². The number of hydrogen-bond acceptors (Lipinski definition) is 5. The Morgan fingerprint density at radius 3 is 2.56 bits per heavy atom. The molecule has 2 N–H and O–H groups in total. The zero-order valence-electron chi connectivity index (χ0n) is 10.2. The first-order chi connectivity index (χ1) is 8.69. The van der Waals surface area contributed by atoms with E-state index in [0.29, 0.717) is 17.5 Å². The number of hydrogen-bond donors (Lipinski definition) is 2. The lowest BCUT2D eigenvalue weighted by atomic mass is 10.2. The first kappa shape index (κ1) is 11.9. The summed E-state index contributed by atoms with van der Waals surface area (Å²) in [5.74, 6) is 1.75. The van der Waals surface area contributed by atoms with Crippen LogP contribution in [0.5, 0.6) is 0 Å². The molecule has 1 aromatic carbocycles. The van der Waals surface area contributed by atoms with Gasteiger partial charge in [0.2, 0.25) is 0 Å². The monoisotopic (exact) mass is 239 g/mol. The van der Waals surface area contributed by atoms with E-state index in [1.54, 1.807) is 13.0 Å². The summed E-state index contributed by atoms with van der Waals surface area (Å²) < 4.78 is 0. The molecule has 0 atom stereocenters. The third kappa shape index (κ3) is 2.74. The summed E-state index contributed by atoms with van der Waals surface area (Å²) >= 11 is 0. The molecule has 0 fully saturated rings. The SMILES string of the molecule is Cc1nc(NC#N)cc(Nc2ccccc2C)n1. The predicted octanol–water partition coefficient (Wildman–Crippen LogP) is 2.73. The molecular weight excluding hydrogens is 226 g/mol. The van der Waals surface area contributed by atoms with Crippen molar-refractivity contribution in [2.24, 2.45) is 0 Å². The Labute approximate surface area is 106 Å². The van der Waals surface area contributed by atoms with E-state index < -0.39 is 0 Å². The van der Waals surface area contributed by atoms with E-state index in [2.05, 4.69) is 20.6 Å². The van der Waals surface area contributed by atoms with Gasteiger partial charge in [0.1, 0.15) is 17.5 Å². The molecule has 90 valence electrons. The van der Waals surface area contributed by atoms with Crippen LogP contribution in [0, 0.1) is 25.3 Å². The number of aryl methyl sites for hydroxylation is 2. The summed E-state index contributed by atoms with van der Waals surface area (Å²) in [5.41, 5.74) is 2.11. The van der Waals surface area contributed by atoms with Crippen LogP contribution in [-0.4, -0.2) is 9.97 Å². The molecule has 0 spiro atoms. The van der Waals surface area contributed by atoms with Crippen molar-refractivity contribution in [2.75, 3.05) is 10.6 Å². The van der Waals surface area contributed by atoms with Crippen molar-refractivity contribution in [3.8, 4) is 6.19 Å². The number of benzene rings is 1. The fourth-order valence-electron chi connectivity index (χ4n) is 1.60. The van der Waals surface area contributed by atoms with Crippen LogP contribution in [0.25, 0.3) is 0 Å². The normalized spacial score (nSPS) is 9.61. The van der Waals surface area contributed by atoms with E-state index >= 15 is 0 Å². The fraction of sp³-hybridized carbons (Fsp3) is 0.154. The van der Waals surface area contributed by atoms with Crippen LogP contribution < -0.4 is 10.6 Å². The lowest BCUT2D eigenvalue weighted by Crippen LogP contribution is -2.01. The predicted molar refractivity (Wildman–Crippen MR) is 70.5 cm³/mol. The summed E-state index contributed by atoms with van der Waals surface area (Å²) in [6, 6.07) is 9.63. The van der Waals surface area contributed by atoms with Gasteiger partial charge in [0.25, 0.3) is 0 Å². The second-order valence-electron chi connectivity index (χ2n) is 3.86. The van der Waals surface area contributed by atoms with Crippen LogP contribution in [-0.2, 0) is 0 Å². The first-order valence-electron chi connectivity index (χ1n) is 5.52. The zero-order chi connectivity index (χ0) is 13.0. The average molecular weight is 239 g/mol. The van der Waals surface area contributed by atoms with Gasteiger partial charge in [-0.25, -0.2) is 9.97 Å². The Balaban J connectivity index is 2.29. The van der Waals surface area contributed by atoms with Crippen molar-refractivity contribution in [2.45, 2.75) is 13.8 Å². The second kappa shape index (κ2) is 5.15. The number of para-hydroxylation sites is 1. The molecule has 2 aromatic rings. The van der Waals surface area contributed by atoms with Gasteiger partial charge in [-0.05, 0) is 25.5 Å². The molecule has 0 radical (unpaired) electrons. The van der Waals surface area contributed by atoms with Gasteiger partial charge < -0.3 is 5.32 Å². The van der Waals surface area contributed by atoms with E-state index in [9.17, 15) is 0 Å². The minimum absolute atomic E-state index is 0.487. The molecule has 0 bridgehead atoms. The van der Waals surface area contributed by atoms with Crippen molar-refractivity contribution in [3.63, 3.8) is 0 Å². The van der Waals surface area contributed by atoms with Crippen molar-refractivity contribution in [1.82, 2.24) is 9.97 Å². The third-order valence-corrected chi connectivity index (χ3v) is 2.43. The smallest absolute Gasteiger partial charge is 0.182 e. The summed E-state index contributed by atoms with van der Waals surface area (Å²) in [4.78, 5) is 8.38. The topological polar surface area (TPSA) is 73.6 Å². The van der Waals surface area contributed by atoms with Crippen LogP contribution >= 0.6 is 0 Å². The van der Waals surface area contributed by atoms with Gasteiger partial charge in [0.05, 0.1) is 0 Å². The highest BCUT2D eigenvalue weighted by molar-refractivity contribution is 5.62. The van der Waals surface area contributed by atoms with Crippen molar-refractivity contribution < 1.29 is 0 Å². The third-order valence-electron chi connectivity index (χ3n) is 2.43. The maximum absolute atomic E-state index is 8.59. The Morgan fingerprint density at radius 2 is 1.83 bits per heavy atom. The van der Waals surface area contributed by atoms with Gasteiger partial charge in [-0.15, -0.1) is 0 Å². The van der Waals surface area contributed by atoms with Gasteiger partial charge in [-0.1, -0.05) is 18.2 Å². The number of rotatable bonds is 3. The molecule has 18 heavy (non-hydrogen) atoms. The van der Waals surface area contributed by atoms with E-state index in [1.807, 2.05) is 37.4 Å². The molecule has 0 amide bonds. The minimum Gasteiger partial charge on any atom is -0.340 e. The summed E-state index contributed by atoms with van der Waals surface area (Å²) in [6.45, 7) is 3.80. The second-order valence-corrected chi connectivity index (χ2v) is 3.86. The number of nitriles is 1. The molecule has 2 rings (SSSR count). The molecule has 1 heterocycles. The molecule has 0 unspecified atom stereocenters. The van der Waals surface area contributed by atoms with E-state index in [1.165, 1.54) is 0 Å². The van der Waals surface area contributed by atoms with Crippen molar-refractivity contribution in [1.29, 1.82) is 5.26 Å². The number of nitrogens with zero attached hydrogens (tertiary/aromatic N) is 3. The van der Waals surface area contributed by atoms with Gasteiger partial charge in [-0.3, -0.25) is 5.32 Å². The van der Waals surface area contributed by atoms with E-state index in [4.69, 9.17) is 5.26 Å². The molecule has 0 aliphatic rings. The highest BCUT2D eigenvalue weighted by atomic mass is 15.1. The lowest BCUT2D eigenvalue weighted by Gasteiger charge is -2.09. The van der Waals surface area contributed by atoms with E-state index in [-0.39, 0.29) is 0 Å². The maximum Gasteiger partial charge on any atom is 0.182 e. The minimum atomic E-state index is 0.487.